The molecule has 4 nitrogen and oxygen atoms in total. The van der Waals surface area contributed by atoms with Gasteiger partial charge in [0.2, 0.25) is 0 Å². The monoisotopic (exact) mass is 354 g/mol. The average Bonchev–Trinajstić information content (AvgIpc) is 2.46. The smallest absolute Gasteiger partial charge is 0.331 e. The van der Waals surface area contributed by atoms with Gasteiger partial charge in [0.05, 0.1) is 0 Å². The van der Waals surface area contributed by atoms with E-state index in [1.54, 1.807) is 0 Å². The number of carbonyl (C=O) groups is 2. The quantitative estimate of drug-likeness (QED) is 0.483. The Morgan fingerprint density at radius 3 is 1.50 bits per heavy atom. The summed E-state index contributed by atoms with van der Waals surface area (Å²) in [6.07, 6.45) is 4.71. The van der Waals surface area contributed by atoms with Gasteiger partial charge in [0.25, 0.3) is 0 Å². The molecule has 0 unspecified atom stereocenters. The lowest BCUT2D eigenvalue weighted by Crippen LogP contribution is -2.51. The fraction of sp³-hybridized carbons (Fsp3) is 0.789. The molecule has 5 heteroatoms. The zero-order valence-corrected chi connectivity index (χ0v) is 17.1. The summed E-state index contributed by atoms with van der Waals surface area (Å²) < 4.78 is 0. The minimum Gasteiger partial charge on any atom is -0.478 e. The van der Waals surface area contributed by atoms with Crippen LogP contribution in [0.2, 0.25) is 16.6 Å². The van der Waals surface area contributed by atoms with Crippen LogP contribution in [0.4, 0.5) is 0 Å². The molecule has 1 fully saturated rings. The van der Waals surface area contributed by atoms with E-state index in [0.717, 1.165) is 32.1 Å². The second-order valence-electron chi connectivity index (χ2n) is 8.13. The van der Waals surface area contributed by atoms with E-state index in [2.05, 4.69) is 41.5 Å². The lowest BCUT2D eigenvalue weighted by molar-refractivity contribution is -0.136. The highest BCUT2D eigenvalue weighted by molar-refractivity contribution is 6.93. The molecule has 2 N–H and O–H groups in total. The van der Waals surface area contributed by atoms with E-state index in [4.69, 9.17) is 0 Å². The van der Waals surface area contributed by atoms with E-state index in [0.29, 0.717) is 5.20 Å². The van der Waals surface area contributed by atoms with Crippen molar-refractivity contribution in [2.75, 3.05) is 0 Å². The van der Waals surface area contributed by atoms with Gasteiger partial charge in [0.1, 0.15) is 8.07 Å². The molecule has 138 valence electrons. The Labute approximate surface area is 147 Å². The largest absolute Gasteiger partial charge is 0.478 e. The van der Waals surface area contributed by atoms with E-state index in [1.807, 2.05) is 0 Å². The summed E-state index contributed by atoms with van der Waals surface area (Å²) in [7, 11) is -2.53. The van der Waals surface area contributed by atoms with Gasteiger partial charge in [-0.1, -0.05) is 60.8 Å². The minimum atomic E-state index is -2.53. The molecule has 0 radical (unpaired) electrons. The molecule has 0 amide bonds. The van der Waals surface area contributed by atoms with Crippen molar-refractivity contribution in [2.45, 2.75) is 90.3 Å². The molecule has 1 aliphatic carbocycles. The lowest BCUT2D eigenvalue weighted by atomic mass is 9.83. The third kappa shape index (κ3) is 3.76. The van der Waals surface area contributed by atoms with Crippen LogP contribution in [-0.2, 0) is 9.59 Å². The van der Waals surface area contributed by atoms with Gasteiger partial charge in [-0.25, -0.2) is 9.59 Å². The maximum Gasteiger partial charge on any atom is 0.331 e. The summed E-state index contributed by atoms with van der Waals surface area (Å²) in [4.78, 5) is 24.5. The van der Waals surface area contributed by atoms with Crippen molar-refractivity contribution in [1.82, 2.24) is 0 Å². The Balaban J connectivity index is 3.76. The van der Waals surface area contributed by atoms with Gasteiger partial charge in [-0.05, 0) is 35.4 Å². The zero-order chi connectivity index (χ0) is 18.7. The predicted molar refractivity (Wildman–Crippen MR) is 99.9 cm³/mol. The Morgan fingerprint density at radius 1 is 0.792 bits per heavy atom. The van der Waals surface area contributed by atoms with Crippen LogP contribution in [-0.4, -0.2) is 30.2 Å². The van der Waals surface area contributed by atoms with Crippen molar-refractivity contribution in [3.8, 4) is 0 Å². The molecule has 0 heterocycles. The molecule has 0 aromatic rings. The molecule has 0 aromatic carbocycles. The SMILES string of the molecule is CC(C)[Si](/C(C(=O)O)=C(/C(=O)O)C1CCCCC1)(C(C)C)C(C)C. The fourth-order valence-electron chi connectivity index (χ4n) is 5.28. The van der Waals surface area contributed by atoms with Gasteiger partial charge in [0, 0.05) is 10.8 Å². The molecular formula is C19H34O4Si. The van der Waals surface area contributed by atoms with Crippen molar-refractivity contribution in [3.05, 3.63) is 10.8 Å². The number of carboxylic acid groups (broad SMARTS) is 2. The summed E-state index contributed by atoms with van der Waals surface area (Å²) in [5, 5.41) is 20.4. The number of hydrogen-bond donors (Lipinski definition) is 2. The van der Waals surface area contributed by atoms with Crippen molar-refractivity contribution >= 4 is 20.0 Å². The van der Waals surface area contributed by atoms with E-state index < -0.39 is 20.0 Å². The third-order valence-electron chi connectivity index (χ3n) is 6.03. The average molecular weight is 355 g/mol. The normalized spacial score (nSPS) is 18.2. The van der Waals surface area contributed by atoms with Crippen LogP contribution in [0.5, 0.6) is 0 Å². The Bertz CT molecular complexity index is 478. The zero-order valence-electron chi connectivity index (χ0n) is 16.1. The van der Waals surface area contributed by atoms with E-state index in [1.165, 1.54) is 0 Å². The van der Waals surface area contributed by atoms with Crippen LogP contribution in [0.25, 0.3) is 0 Å². The Hall–Kier alpha value is -1.10. The lowest BCUT2D eigenvalue weighted by Gasteiger charge is -2.45. The van der Waals surface area contributed by atoms with Gasteiger partial charge in [-0.3, -0.25) is 0 Å². The first-order chi connectivity index (χ1) is 11.1. The highest BCUT2D eigenvalue weighted by Gasteiger charge is 2.51. The van der Waals surface area contributed by atoms with E-state index in [-0.39, 0.29) is 28.1 Å². The first-order valence-corrected chi connectivity index (χ1v) is 11.5. The Kier molecular flexibility index (Phi) is 7.26. The van der Waals surface area contributed by atoms with Crippen LogP contribution in [0, 0.1) is 5.92 Å². The number of aliphatic carboxylic acids is 2. The molecule has 1 aliphatic rings. The van der Waals surface area contributed by atoms with Gasteiger partial charge in [0.15, 0.2) is 0 Å². The standard InChI is InChI=1S/C19H34O4Si/c1-12(2)24(13(3)4,14(5)6)17(19(22)23)16(18(20)21)15-10-8-7-9-11-15/h12-15H,7-11H2,1-6H3,(H,20,21)(H,22,23)/b17-16+. The van der Waals surface area contributed by atoms with Gasteiger partial charge >= 0.3 is 11.9 Å². The molecular weight excluding hydrogens is 320 g/mol. The summed E-state index contributed by atoms with van der Waals surface area (Å²) in [6.45, 7) is 12.5. The van der Waals surface area contributed by atoms with Crippen LogP contribution < -0.4 is 0 Å². The van der Waals surface area contributed by atoms with Crippen LogP contribution >= 0.6 is 0 Å². The van der Waals surface area contributed by atoms with Gasteiger partial charge in [-0.2, -0.15) is 0 Å². The molecule has 1 rings (SSSR count). The van der Waals surface area contributed by atoms with Crippen LogP contribution in [0.3, 0.4) is 0 Å². The van der Waals surface area contributed by atoms with Crippen molar-refractivity contribution in [2.24, 2.45) is 5.92 Å². The maximum absolute atomic E-state index is 12.4. The van der Waals surface area contributed by atoms with Gasteiger partial charge < -0.3 is 10.2 Å². The summed E-state index contributed by atoms with van der Waals surface area (Å²) in [6, 6.07) is 0. The summed E-state index contributed by atoms with van der Waals surface area (Å²) in [5.41, 5.74) is 0.773. The predicted octanol–water partition coefficient (Wildman–Crippen LogP) is 5.25. The second-order valence-corrected chi connectivity index (χ2v) is 14.0. The second kappa shape index (κ2) is 8.32. The molecule has 0 aliphatic heterocycles. The molecule has 1 saturated carbocycles. The first-order valence-electron chi connectivity index (χ1n) is 9.29. The molecule has 0 atom stereocenters. The van der Waals surface area contributed by atoms with Crippen molar-refractivity contribution in [3.63, 3.8) is 0 Å². The first kappa shape index (κ1) is 20.9. The highest BCUT2D eigenvalue weighted by Crippen LogP contribution is 2.49. The topological polar surface area (TPSA) is 74.6 Å². The highest BCUT2D eigenvalue weighted by atomic mass is 28.3. The minimum absolute atomic E-state index is 0.106. The summed E-state index contributed by atoms with van der Waals surface area (Å²) in [5.74, 6) is -2.12. The fourth-order valence-corrected chi connectivity index (χ4v) is 12.2. The molecule has 0 aromatic heterocycles. The van der Waals surface area contributed by atoms with Gasteiger partial charge in [-0.15, -0.1) is 0 Å². The molecule has 0 bridgehead atoms. The molecule has 0 saturated heterocycles. The molecule has 24 heavy (non-hydrogen) atoms. The number of carboxylic acids is 2. The maximum atomic E-state index is 12.4. The Morgan fingerprint density at radius 2 is 1.21 bits per heavy atom. The van der Waals surface area contributed by atoms with Crippen LogP contribution in [0.15, 0.2) is 10.8 Å². The summed E-state index contributed by atoms with van der Waals surface area (Å²) >= 11 is 0. The van der Waals surface area contributed by atoms with Crippen molar-refractivity contribution < 1.29 is 19.8 Å². The van der Waals surface area contributed by atoms with Crippen molar-refractivity contribution in [1.29, 1.82) is 0 Å². The number of hydrogen-bond acceptors (Lipinski definition) is 2. The molecule has 0 spiro atoms. The third-order valence-corrected chi connectivity index (χ3v) is 13.1. The number of rotatable bonds is 7. The van der Waals surface area contributed by atoms with Crippen LogP contribution in [0.1, 0.15) is 73.6 Å². The van der Waals surface area contributed by atoms with E-state index >= 15 is 0 Å². The van der Waals surface area contributed by atoms with E-state index in [9.17, 15) is 19.8 Å².